The van der Waals surface area contributed by atoms with Gasteiger partial charge in [-0.2, -0.15) is 0 Å². The molecule has 3 aromatic carbocycles. The van der Waals surface area contributed by atoms with Crippen molar-refractivity contribution in [2.45, 2.75) is 12.6 Å². The van der Waals surface area contributed by atoms with E-state index in [0.717, 1.165) is 36.4 Å². The lowest BCUT2D eigenvalue weighted by Crippen LogP contribution is -2.45. The van der Waals surface area contributed by atoms with E-state index in [2.05, 4.69) is 80.7 Å². The molecule has 144 valence electrons. The number of ether oxygens (including phenoxy) is 1. The van der Waals surface area contributed by atoms with Crippen LogP contribution in [-0.2, 0) is 6.61 Å². The van der Waals surface area contributed by atoms with Crippen LogP contribution in [0.2, 0.25) is 0 Å². The summed E-state index contributed by atoms with van der Waals surface area (Å²) in [7, 11) is 0. The first kappa shape index (κ1) is 19.2. The quantitative estimate of drug-likeness (QED) is 0.586. The van der Waals surface area contributed by atoms with E-state index in [9.17, 15) is 0 Å². The van der Waals surface area contributed by atoms with Gasteiger partial charge in [-0.3, -0.25) is 4.90 Å². The number of halogens is 1. The Kier molecular flexibility index (Phi) is 6.42. The lowest BCUT2D eigenvalue weighted by molar-refractivity contribution is 0.198. The fourth-order valence-electron chi connectivity index (χ4n) is 3.71. The van der Waals surface area contributed by atoms with Crippen molar-refractivity contribution in [3.63, 3.8) is 0 Å². The van der Waals surface area contributed by atoms with Crippen LogP contribution < -0.4 is 10.1 Å². The van der Waals surface area contributed by atoms with Crippen LogP contribution in [0.1, 0.15) is 22.7 Å². The van der Waals surface area contributed by atoms with Crippen molar-refractivity contribution in [2.24, 2.45) is 0 Å². The fourth-order valence-corrected chi connectivity index (χ4v) is 3.98. The van der Waals surface area contributed by atoms with E-state index < -0.39 is 0 Å². The Labute approximate surface area is 175 Å². The second-order valence-electron chi connectivity index (χ2n) is 7.09. The lowest BCUT2D eigenvalue weighted by Gasteiger charge is -2.35. The molecule has 1 heterocycles. The van der Waals surface area contributed by atoms with Gasteiger partial charge in [-0.05, 0) is 41.0 Å². The molecule has 1 N–H and O–H groups in total. The third-order valence-corrected chi connectivity index (χ3v) is 5.65. The predicted octanol–water partition coefficient (Wildman–Crippen LogP) is 5.02. The minimum Gasteiger partial charge on any atom is -0.489 e. The van der Waals surface area contributed by atoms with Crippen molar-refractivity contribution in [3.8, 4) is 5.75 Å². The Balaban J connectivity index is 1.59. The number of nitrogens with zero attached hydrogens (tertiary/aromatic N) is 1. The largest absolute Gasteiger partial charge is 0.489 e. The molecule has 0 bridgehead atoms. The van der Waals surface area contributed by atoms with Gasteiger partial charge in [0.25, 0.3) is 0 Å². The van der Waals surface area contributed by atoms with Crippen molar-refractivity contribution in [1.29, 1.82) is 0 Å². The normalized spacial score (nSPS) is 15.9. The van der Waals surface area contributed by atoms with E-state index in [1.807, 2.05) is 24.3 Å². The first-order chi connectivity index (χ1) is 13.8. The van der Waals surface area contributed by atoms with Crippen LogP contribution in [0, 0.1) is 0 Å². The topological polar surface area (TPSA) is 24.5 Å². The van der Waals surface area contributed by atoms with Crippen LogP contribution in [0.4, 0.5) is 0 Å². The van der Waals surface area contributed by atoms with E-state index in [0.29, 0.717) is 6.61 Å². The van der Waals surface area contributed by atoms with Gasteiger partial charge in [-0.1, -0.05) is 70.5 Å². The molecular weight excluding hydrogens is 412 g/mol. The molecule has 0 radical (unpaired) electrons. The highest BCUT2D eigenvalue weighted by Crippen LogP contribution is 2.32. The molecule has 3 aromatic rings. The minimum absolute atomic E-state index is 0.232. The fraction of sp³-hybridized carbons (Fsp3) is 0.250. The summed E-state index contributed by atoms with van der Waals surface area (Å²) >= 11 is 3.56. The van der Waals surface area contributed by atoms with Crippen LogP contribution >= 0.6 is 15.9 Å². The molecule has 1 unspecified atom stereocenters. The monoisotopic (exact) mass is 436 g/mol. The molecule has 1 saturated heterocycles. The summed E-state index contributed by atoms with van der Waals surface area (Å²) in [4.78, 5) is 2.55. The molecule has 3 nitrogen and oxygen atoms in total. The van der Waals surface area contributed by atoms with Gasteiger partial charge in [-0.25, -0.2) is 0 Å². The van der Waals surface area contributed by atoms with Crippen molar-refractivity contribution >= 4 is 15.9 Å². The predicted molar refractivity (Wildman–Crippen MR) is 118 cm³/mol. The number of benzene rings is 3. The molecule has 28 heavy (non-hydrogen) atoms. The van der Waals surface area contributed by atoms with Crippen molar-refractivity contribution in [3.05, 3.63) is 100 Å². The maximum atomic E-state index is 6.09. The third-order valence-electron chi connectivity index (χ3n) is 5.12. The zero-order valence-corrected chi connectivity index (χ0v) is 17.4. The SMILES string of the molecule is Brc1ccc(C(c2cccc(OCc3ccccc3)c2)N2CCNCC2)cc1. The zero-order chi connectivity index (χ0) is 19.2. The van der Waals surface area contributed by atoms with E-state index >= 15 is 0 Å². The smallest absolute Gasteiger partial charge is 0.120 e. The van der Waals surface area contributed by atoms with Crippen LogP contribution in [0.15, 0.2) is 83.3 Å². The summed E-state index contributed by atoms with van der Waals surface area (Å²) in [5, 5.41) is 3.46. The summed E-state index contributed by atoms with van der Waals surface area (Å²) in [5.41, 5.74) is 3.76. The highest BCUT2D eigenvalue weighted by Gasteiger charge is 2.24. The molecule has 0 aromatic heterocycles. The molecule has 0 spiro atoms. The lowest BCUT2D eigenvalue weighted by atomic mass is 9.96. The summed E-state index contributed by atoms with van der Waals surface area (Å²) in [5.74, 6) is 0.915. The molecule has 1 atom stereocenters. The average molecular weight is 437 g/mol. The summed E-state index contributed by atoms with van der Waals surface area (Å²) in [6.45, 7) is 4.71. The van der Waals surface area contributed by atoms with Gasteiger partial charge in [0.15, 0.2) is 0 Å². The second kappa shape index (κ2) is 9.37. The van der Waals surface area contributed by atoms with E-state index in [-0.39, 0.29) is 6.04 Å². The highest BCUT2D eigenvalue weighted by atomic mass is 79.9. The number of hydrogen-bond donors (Lipinski definition) is 1. The standard InChI is InChI=1S/C24H25BrN2O/c25-22-11-9-20(10-12-22)24(27-15-13-26-14-16-27)21-7-4-8-23(17-21)28-18-19-5-2-1-3-6-19/h1-12,17,24,26H,13-16,18H2. The Morgan fingerprint density at radius 2 is 1.61 bits per heavy atom. The highest BCUT2D eigenvalue weighted by molar-refractivity contribution is 9.10. The van der Waals surface area contributed by atoms with E-state index in [4.69, 9.17) is 4.74 Å². The number of piperazine rings is 1. The summed E-state index contributed by atoms with van der Waals surface area (Å²) < 4.78 is 7.19. The molecule has 1 aliphatic heterocycles. The van der Waals surface area contributed by atoms with Gasteiger partial charge in [0.05, 0.1) is 6.04 Å². The van der Waals surface area contributed by atoms with Gasteiger partial charge >= 0.3 is 0 Å². The van der Waals surface area contributed by atoms with E-state index in [1.165, 1.54) is 16.7 Å². The maximum absolute atomic E-state index is 6.09. The Morgan fingerprint density at radius 3 is 2.36 bits per heavy atom. The number of nitrogens with one attached hydrogen (secondary N) is 1. The number of hydrogen-bond acceptors (Lipinski definition) is 3. The van der Waals surface area contributed by atoms with Gasteiger partial charge in [-0.15, -0.1) is 0 Å². The van der Waals surface area contributed by atoms with Crippen molar-refractivity contribution in [1.82, 2.24) is 10.2 Å². The zero-order valence-electron chi connectivity index (χ0n) is 15.9. The number of rotatable bonds is 6. The first-order valence-electron chi connectivity index (χ1n) is 9.76. The Hall–Kier alpha value is -2.14. The van der Waals surface area contributed by atoms with Gasteiger partial charge < -0.3 is 10.1 Å². The maximum Gasteiger partial charge on any atom is 0.120 e. The first-order valence-corrected chi connectivity index (χ1v) is 10.6. The third kappa shape index (κ3) is 4.82. The molecule has 1 fully saturated rings. The second-order valence-corrected chi connectivity index (χ2v) is 8.00. The molecule has 0 aliphatic carbocycles. The summed E-state index contributed by atoms with van der Waals surface area (Å²) in [6.07, 6.45) is 0. The molecule has 0 amide bonds. The van der Waals surface area contributed by atoms with Crippen LogP contribution in [0.5, 0.6) is 5.75 Å². The molecule has 1 aliphatic rings. The van der Waals surface area contributed by atoms with E-state index in [1.54, 1.807) is 0 Å². The average Bonchev–Trinajstić information content (AvgIpc) is 2.76. The van der Waals surface area contributed by atoms with Crippen LogP contribution in [-0.4, -0.2) is 31.1 Å². The molecular formula is C24H25BrN2O. The molecule has 0 saturated carbocycles. The van der Waals surface area contributed by atoms with Crippen molar-refractivity contribution < 1.29 is 4.74 Å². The Morgan fingerprint density at radius 1 is 0.857 bits per heavy atom. The van der Waals surface area contributed by atoms with Crippen molar-refractivity contribution in [2.75, 3.05) is 26.2 Å². The summed E-state index contributed by atoms with van der Waals surface area (Å²) in [6, 6.07) is 27.8. The minimum atomic E-state index is 0.232. The Bertz CT molecular complexity index is 877. The van der Waals surface area contributed by atoms with Gasteiger partial charge in [0.1, 0.15) is 12.4 Å². The molecule has 4 rings (SSSR count). The van der Waals surface area contributed by atoms with Gasteiger partial charge in [0, 0.05) is 30.7 Å². The van der Waals surface area contributed by atoms with Crippen LogP contribution in [0.25, 0.3) is 0 Å². The van der Waals surface area contributed by atoms with Gasteiger partial charge in [0.2, 0.25) is 0 Å². The molecule has 4 heteroatoms. The van der Waals surface area contributed by atoms with Crippen LogP contribution in [0.3, 0.4) is 0 Å².